The summed E-state index contributed by atoms with van der Waals surface area (Å²) in [6, 6.07) is 9.20. The summed E-state index contributed by atoms with van der Waals surface area (Å²) in [6.45, 7) is 4.85. The van der Waals surface area contributed by atoms with E-state index >= 15 is 0 Å². The lowest BCUT2D eigenvalue weighted by atomic mass is 10.0. The number of rotatable bonds is 4. The third-order valence-corrected chi connectivity index (χ3v) is 4.84. The molecule has 3 rings (SSSR count). The lowest BCUT2D eigenvalue weighted by Crippen LogP contribution is -2.48. The molecule has 27 heavy (non-hydrogen) atoms. The zero-order valence-electron chi connectivity index (χ0n) is 16.1. The topological polar surface area (TPSA) is 76.5 Å². The van der Waals surface area contributed by atoms with Gasteiger partial charge in [0.2, 0.25) is 0 Å². The number of hydrogen-bond donors (Lipinski definition) is 1. The Hall–Kier alpha value is -2.83. The minimum Gasteiger partial charge on any atom is -0.464 e. The SMILES string of the molecule is CCOC(=O)C(C)NC(=O)N1CCc2c(-c3ccccc3)nn(C)c2CC1. The number of carbonyl (C=O) groups is 2. The normalized spacial score (nSPS) is 14.9. The van der Waals surface area contributed by atoms with Crippen molar-refractivity contribution in [2.24, 2.45) is 7.05 Å². The van der Waals surface area contributed by atoms with E-state index in [2.05, 4.69) is 17.4 Å². The number of ether oxygens (including phenoxy) is 1. The molecule has 0 saturated carbocycles. The highest BCUT2D eigenvalue weighted by atomic mass is 16.5. The predicted molar refractivity (Wildman–Crippen MR) is 102 cm³/mol. The molecule has 7 heteroatoms. The molecule has 1 aromatic carbocycles. The van der Waals surface area contributed by atoms with Crippen molar-refractivity contribution < 1.29 is 14.3 Å². The molecule has 2 amide bonds. The Morgan fingerprint density at radius 3 is 2.63 bits per heavy atom. The summed E-state index contributed by atoms with van der Waals surface area (Å²) in [6.07, 6.45) is 1.46. The van der Waals surface area contributed by atoms with E-state index in [-0.39, 0.29) is 6.03 Å². The van der Waals surface area contributed by atoms with E-state index in [0.29, 0.717) is 19.7 Å². The van der Waals surface area contributed by atoms with E-state index in [1.165, 1.54) is 5.56 Å². The van der Waals surface area contributed by atoms with E-state index in [4.69, 9.17) is 9.84 Å². The third-order valence-electron chi connectivity index (χ3n) is 4.84. The van der Waals surface area contributed by atoms with Crippen molar-refractivity contribution in [1.82, 2.24) is 20.0 Å². The first-order valence-electron chi connectivity index (χ1n) is 9.33. The number of esters is 1. The van der Waals surface area contributed by atoms with Gasteiger partial charge in [-0.25, -0.2) is 9.59 Å². The molecule has 7 nitrogen and oxygen atoms in total. The maximum absolute atomic E-state index is 12.6. The van der Waals surface area contributed by atoms with Gasteiger partial charge in [-0.05, 0) is 20.3 Å². The zero-order chi connectivity index (χ0) is 19.4. The van der Waals surface area contributed by atoms with Gasteiger partial charge in [0, 0.05) is 43.4 Å². The number of aromatic nitrogens is 2. The summed E-state index contributed by atoms with van der Waals surface area (Å²) in [4.78, 5) is 26.1. The average molecular weight is 370 g/mol. The molecule has 0 aliphatic carbocycles. The van der Waals surface area contributed by atoms with Crippen LogP contribution in [0.1, 0.15) is 25.1 Å². The van der Waals surface area contributed by atoms with Gasteiger partial charge in [-0.2, -0.15) is 5.10 Å². The summed E-state index contributed by atoms with van der Waals surface area (Å²) in [5.41, 5.74) is 4.42. The molecule has 1 aliphatic rings. The minimum atomic E-state index is -0.662. The molecule has 1 unspecified atom stereocenters. The Kier molecular flexibility index (Phi) is 5.78. The Morgan fingerprint density at radius 2 is 1.93 bits per heavy atom. The summed E-state index contributed by atoms with van der Waals surface area (Å²) in [5.74, 6) is -0.417. The quantitative estimate of drug-likeness (QED) is 0.837. The van der Waals surface area contributed by atoms with Crippen LogP contribution in [0.2, 0.25) is 0 Å². The van der Waals surface area contributed by atoms with Crippen molar-refractivity contribution in [3.63, 3.8) is 0 Å². The summed E-state index contributed by atoms with van der Waals surface area (Å²) >= 11 is 0. The van der Waals surface area contributed by atoms with Crippen molar-refractivity contribution in [3.05, 3.63) is 41.6 Å². The smallest absolute Gasteiger partial charge is 0.328 e. The van der Waals surface area contributed by atoms with Crippen LogP contribution >= 0.6 is 0 Å². The van der Waals surface area contributed by atoms with E-state index in [0.717, 1.165) is 29.8 Å². The van der Waals surface area contributed by atoms with Crippen LogP contribution in [0.4, 0.5) is 4.79 Å². The molecule has 2 heterocycles. The van der Waals surface area contributed by atoms with Gasteiger partial charge >= 0.3 is 12.0 Å². The number of fused-ring (bicyclic) bond motifs is 1. The lowest BCUT2D eigenvalue weighted by molar-refractivity contribution is -0.144. The fourth-order valence-corrected chi connectivity index (χ4v) is 3.41. The molecule has 0 fully saturated rings. The van der Waals surface area contributed by atoms with Gasteiger partial charge in [-0.1, -0.05) is 30.3 Å². The van der Waals surface area contributed by atoms with Crippen molar-refractivity contribution in [1.29, 1.82) is 0 Å². The van der Waals surface area contributed by atoms with Gasteiger partial charge in [0.1, 0.15) is 6.04 Å². The number of carbonyl (C=O) groups excluding carboxylic acids is 2. The van der Waals surface area contributed by atoms with Gasteiger partial charge in [0.15, 0.2) is 0 Å². The fraction of sp³-hybridized carbons (Fsp3) is 0.450. The highest BCUT2D eigenvalue weighted by Crippen LogP contribution is 2.27. The van der Waals surface area contributed by atoms with Gasteiger partial charge in [0.25, 0.3) is 0 Å². The first kappa shape index (κ1) is 18.9. The third kappa shape index (κ3) is 4.13. The minimum absolute atomic E-state index is 0.238. The molecule has 1 aliphatic heterocycles. The summed E-state index contributed by atoms with van der Waals surface area (Å²) in [5, 5.41) is 7.43. The predicted octanol–water partition coefficient (Wildman–Crippen LogP) is 2.15. The molecule has 0 spiro atoms. The Bertz CT molecular complexity index is 816. The molecular formula is C20H26N4O3. The fourth-order valence-electron chi connectivity index (χ4n) is 3.41. The van der Waals surface area contributed by atoms with Gasteiger partial charge in [0.05, 0.1) is 12.3 Å². The maximum atomic E-state index is 12.6. The van der Waals surface area contributed by atoms with Crippen LogP contribution < -0.4 is 5.32 Å². The first-order chi connectivity index (χ1) is 13.0. The van der Waals surface area contributed by atoms with Gasteiger partial charge in [-0.15, -0.1) is 0 Å². The monoisotopic (exact) mass is 370 g/mol. The Balaban J connectivity index is 1.72. The average Bonchev–Trinajstić information content (AvgIpc) is 2.84. The van der Waals surface area contributed by atoms with E-state index in [1.807, 2.05) is 29.9 Å². The van der Waals surface area contributed by atoms with Crippen LogP contribution in [0, 0.1) is 0 Å². The molecule has 0 bridgehead atoms. The van der Waals surface area contributed by atoms with Crippen LogP contribution in [-0.4, -0.2) is 52.4 Å². The van der Waals surface area contributed by atoms with Crippen molar-refractivity contribution in [2.75, 3.05) is 19.7 Å². The van der Waals surface area contributed by atoms with E-state index in [9.17, 15) is 9.59 Å². The van der Waals surface area contributed by atoms with Crippen LogP contribution in [0.3, 0.4) is 0 Å². The van der Waals surface area contributed by atoms with Crippen molar-refractivity contribution in [2.45, 2.75) is 32.7 Å². The molecular weight excluding hydrogens is 344 g/mol. The second-order valence-corrected chi connectivity index (χ2v) is 6.67. The Labute approximate surface area is 159 Å². The molecule has 1 N–H and O–H groups in total. The van der Waals surface area contributed by atoms with E-state index in [1.54, 1.807) is 18.7 Å². The number of benzene rings is 1. The zero-order valence-corrected chi connectivity index (χ0v) is 16.1. The largest absolute Gasteiger partial charge is 0.464 e. The second-order valence-electron chi connectivity index (χ2n) is 6.67. The van der Waals surface area contributed by atoms with E-state index < -0.39 is 12.0 Å². The standard InChI is InChI=1S/C20H26N4O3/c1-4-27-19(25)14(2)21-20(26)24-12-10-16-17(11-13-24)23(3)22-18(16)15-8-6-5-7-9-15/h5-9,14H,4,10-13H2,1-3H3,(H,21,26). The lowest BCUT2D eigenvalue weighted by Gasteiger charge is -2.23. The van der Waals surface area contributed by atoms with Crippen LogP contribution in [0.25, 0.3) is 11.3 Å². The molecule has 2 aromatic rings. The van der Waals surface area contributed by atoms with Crippen LogP contribution in [-0.2, 0) is 29.4 Å². The number of nitrogens with one attached hydrogen (secondary N) is 1. The Morgan fingerprint density at radius 1 is 1.22 bits per heavy atom. The molecule has 0 saturated heterocycles. The second kappa shape index (κ2) is 8.24. The van der Waals surface area contributed by atoms with Gasteiger partial charge < -0.3 is 15.0 Å². The molecule has 1 aromatic heterocycles. The first-order valence-corrected chi connectivity index (χ1v) is 9.33. The highest BCUT2D eigenvalue weighted by molar-refractivity contribution is 5.83. The number of nitrogens with zero attached hydrogens (tertiary/aromatic N) is 3. The van der Waals surface area contributed by atoms with Crippen molar-refractivity contribution >= 4 is 12.0 Å². The molecule has 1 atom stereocenters. The number of amides is 2. The highest BCUT2D eigenvalue weighted by Gasteiger charge is 2.26. The molecule has 0 radical (unpaired) electrons. The number of urea groups is 1. The van der Waals surface area contributed by atoms with Crippen LogP contribution in [0.15, 0.2) is 30.3 Å². The summed E-state index contributed by atoms with van der Waals surface area (Å²) < 4.78 is 6.87. The number of hydrogen-bond acceptors (Lipinski definition) is 4. The molecule has 144 valence electrons. The number of aryl methyl sites for hydroxylation is 1. The van der Waals surface area contributed by atoms with Crippen molar-refractivity contribution in [3.8, 4) is 11.3 Å². The summed E-state index contributed by atoms with van der Waals surface area (Å²) in [7, 11) is 1.95. The van der Waals surface area contributed by atoms with Crippen LogP contribution in [0.5, 0.6) is 0 Å². The maximum Gasteiger partial charge on any atom is 0.328 e. The van der Waals surface area contributed by atoms with Gasteiger partial charge in [-0.3, -0.25) is 4.68 Å².